The van der Waals surface area contributed by atoms with Crippen LogP contribution < -0.4 is 10.1 Å². The van der Waals surface area contributed by atoms with Gasteiger partial charge in [-0.05, 0) is 49.3 Å². The average molecular weight is 373 g/mol. The summed E-state index contributed by atoms with van der Waals surface area (Å²) in [6.07, 6.45) is 5.14. The molecule has 0 unspecified atom stereocenters. The molecule has 0 bridgehead atoms. The number of morpholine rings is 1. The first-order valence-electron chi connectivity index (χ1n) is 10.4. The van der Waals surface area contributed by atoms with Gasteiger partial charge in [0.1, 0.15) is 5.75 Å². The highest BCUT2D eigenvalue weighted by molar-refractivity contribution is 5.82. The highest BCUT2D eigenvalue weighted by Gasteiger charge is 2.52. The van der Waals surface area contributed by atoms with Crippen molar-refractivity contribution in [3.05, 3.63) is 29.8 Å². The Hall–Kier alpha value is -1.59. The highest BCUT2D eigenvalue weighted by Crippen LogP contribution is 2.54. The highest BCUT2D eigenvalue weighted by atomic mass is 16.5. The van der Waals surface area contributed by atoms with Gasteiger partial charge in [0.15, 0.2) is 0 Å². The van der Waals surface area contributed by atoms with E-state index in [1.807, 2.05) is 19.1 Å². The first kappa shape index (κ1) is 18.8. The Morgan fingerprint density at radius 1 is 1.15 bits per heavy atom. The Balaban J connectivity index is 1.47. The van der Waals surface area contributed by atoms with Crippen molar-refractivity contribution in [1.82, 2.24) is 10.2 Å². The second-order valence-corrected chi connectivity index (χ2v) is 8.27. The maximum absolute atomic E-state index is 13.0. The molecule has 1 heterocycles. The third-order valence-corrected chi connectivity index (χ3v) is 6.97. The summed E-state index contributed by atoms with van der Waals surface area (Å²) in [5.41, 5.74) is 1.34. The van der Waals surface area contributed by atoms with E-state index in [2.05, 4.69) is 22.3 Å². The van der Waals surface area contributed by atoms with E-state index in [9.17, 15) is 4.79 Å². The lowest BCUT2D eigenvalue weighted by atomic mass is 9.53. The summed E-state index contributed by atoms with van der Waals surface area (Å²) in [7, 11) is 1.70. The zero-order valence-electron chi connectivity index (χ0n) is 16.5. The third-order valence-electron chi connectivity index (χ3n) is 6.97. The third kappa shape index (κ3) is 3.72. The molecule has 0 spiro atoms. The number of benzene rings is 1. The Morgan fingerprint density at radius 2 is 1.81 bits per heavy atom. The molecule has 3 aliphatic rings. The van der Waals surface area contributed by atoms with E-state index in [0.717, 1.165) is 32.1 Å². The predicted molar refractivity (Wildman–Crippen MR) is 105 cm³/mol. The average Bonchev–Trinajstić information content (AvgIpc) is 2.72. The maximum atomic E-state index is 13.0. The molecule has 5 heteroatoms. The minimum atomic E-state index is -0.0898. The molecule has 1 amide bonds. The van der Waals surface area contributed by atoms with Crippen LogP contribution in [-0.2, 0) is 9.53 Å². The Labute approximate surface area is 162 Å². The molecule has 27 heavy (non-hydrogen) atoms. The fraction of sp³-hybridized carbons (Fsp3) is 0.682. The largest absolute Gasteiger partial charge is 0.497 e. The fourth-order valence-electron chi connectivity index (χ4n) is 5.36. The minimum Gasteiger partial charge on any atom is -0.497 e. The molecule has 148 valence electrons. The van der Waals surface area contributed by atoms with Crippen LogP contribution >= 0.6 is 0 Å². The fourth-order valence-corrected chi connectivity index (χ4v) is 5.36. The molecule has 1 saturated heterocycles. The van der Waals surface area contributed by atoms with Gasteiger partial charge in [0.2, 0.25) is 5.91 Å². The molecule has 1 aromatic carbocycles. The lowest BCUT2D eigenvalue weighted by Gasteiger charge is -2.55. The summed E-state index contributed by atoms with van der Waals surface area (Å²) >= 11 is 0. The summed E-state index contributed by atoms with van der Waals surface area (Å²) in [5, 5.41) is 3.44. The molecule has 2 saturated carbocycles. The molecule has 4 rings (SSSR count). The van der Waals surface area contributed by atoms with Gasteiger partial charge in [0, 0.05) is 25.0 Å². The van der Waals surface area contributed by atoms with Crippen LogP contribution in [0, 0.1) is 11.8 Å². The first-order chi connectivity index (χ1) is 13.2. The van der Waals surface area contributed by atoms with Crippen molar-refractivity contribution in [3.63, 3.8) is 0 Å². The van der Waals surface area contributed by atoms with Crippen molar-refractivity contribution in [3.8, 4) is 5.75 Å². The van der Waals surface area contributed by atoms with Gasteiger partial charge >= 0.3 is 0 Å². The minimum absolute atomic E-state index is 0.0898. The van der Waals surface area contributed by atoms with Gasteiger partial charge in [-0.3, -0.25) is 9.69 Å². The first-order valence-corrected chi connectivity index (χ1v) is 10.4. The van der Waals surface area contributed by atoms with Crippen LogP contribution in [0.5, 0.6) is 5.75 Å². The molecule has 0 aromatic heterocycles. The van der Waals surface area contributed by atoms with Crippen molar-refractivity contribution in [2.75, 3.05) is 33.4 Å². The van der Waals surface area contributed by atoms with Gasteiger partial charge in [-0.2, -0.15) is 0 Å². The number of rotatable bonds is 5. The van der Waals surface area contributed by atoms with E-state index in [0.29, 0.717) is 17.8 Å². The SMILES string of the molecule is COc1ccc([C@H]2[C@@H]3CCCC[C@H]3[C@@H]2NC(=O)[C@H](C)N2CCOCC2)cc1. The number of carbonyl (C=O) groups excluding carboxylic acids is 1. The van der Waals surface area contributed by atoms with Gasteiger partial charge in [-0.25, -0.2) is 0 Å². The second kappa shape index (κ2) is 8.19. The van der Waals surface area contributed by atoms with Crippen LogP contribution in [0.2, 0.25) is 0 Å². The number of methoxy groups -OCH3 is 1. The summed E-state index contributed by atoms with van der Waals surface area (Å²) in [6, 6.07) is 8.62. The number of ether oxygens (including phenoxy) is 2. The molecule has 1 aromatic rings. The van der Waals surface area contributed by atoms with Crippen molar-refractivity contribution in [2.24, 2.45) is 11.8 Å². The van der Waals surface area contributed by atoms with Crippen LogP contribution in [0.4, 0.5) is 0 Å². The van der Waals surface area contributed by atoms with E-state index in [1.54, 1.807) is 7.11 Å². The van der Waals surface area contributed by atoms with Crippen LogP contribution in [-0.4, -0.2) is 56.3 Å². The Bertz CT molecular complexity index is 641. The van der Waals surface area contributed by atoms with Gasteiger partial charge in [0.25, 0.3) is 0 Å². The summed E-state index contributed by atoms with van der Waals surface area (Å²) in [6.45, 7) is 5.15. The lowest BCUT2D eigenvalue weighted by Crippen LogP contribution is -2.62. The number of carbonyl (C=O) groups is 1. The number of hydrogen-bond donors (Lipinski definition) is 1. The molecule has 1 aliphatic heterocycles. The molecule has 0 radical (unpaired) electrons. The Kier molecular flexibility index (Phi) is 5.69. The quantitative estimate of drug-likeness (QED) is 0.864. The van der Waals surface area contributed by atoms with E-state index in [4.69, 9.17) is 9.47 Å². The van der Waals surface area contributed by atoms with Gasteiger partial charge in [-0.15, -0.1) is 0 Å². The van der Waals surface area contributed by atoms with Crippen molar-refractivity contribution >= 4 is 5.91 Å². The van der Waals surface area contributed by atoms with E-state index in [-0.39, 0.29) is 18.0 Å². The topological polar surface area (TPSA) is 50.8 Å². The number of fused-ring (bicyclic) bond motifs is 1. The van der Waals surface area contributed by atoms with Crippen molar-refractivity contribution < 1.29 is 14.3 Å². The molecule has 2 aliphatic carbocycles. The van der Waals surface area contributed by atoms with Gasteiger partial charge in [0.05, 0.1) is 26.4 Å². The van der Waals surface area contributed by atoms with Gasteiger partial charge in [-0.1, -0.05) is 25.0 Å². The molecule has 5 atom stereocenters. The standard InChI is InChI=1S/C22H32N2O3/c1-15(24-11-13-27-14-12-24)22(25)23-21-19-6-4-3-5-18(19)20(21)16-7-9-17(26-2)10-8-16/h7-10,15,18-21H,3-6,11-14H2,1-2H3,(H,23,25)/t15-,18+,19+,20-,21-/m0/s1. The Morgan fingerprint density at radius 3 is 2.48 bits per heavy atom. The molecule has 3 fully saturated rings. The normalized spacial score (nSPS) is 32.1. The summed E-state index contributed by atoms with van der Waals surface area (Å²) in [5.74, 6) is 2.83. The summed E-state index contributed by atoms with van der Waals surface area (Å²) in [4.78, 5) is 15.2. The van der Waals surface area contributed by atoms with Crippen molar-refractivity contribution in [2.45, 2.75) is 50.6 Å². The molecule has 1 N–H and O–H groups in total. The van der Waals surface area contributed by atoms with Crippen LogP contribution in [0.3, 0.4) is 0 Å². The van der Waals surface area contributed by atoms with Crippen LogP contribution in [0.1, 0.15) is 44.1 Å². The van der Waals surface area contributed by atoms with Crippen LogP contribution in [0.15, 0.2) is 24.3 Å². The van der Waals surface area contributed by atoms with Crippen molar-refractivity contribution in [1.29, 1.82) is 0 Å². The van der Waals surface area contributed by atoms with Crippen LogP contribution in [0.25, 0.3) is 0 Å². The lowest BCUT2D eigenvalue weighted by molar-refractivity contribution is -0.131. The van der Waals surface area contributed by atoms with E-state index >= 15 is 0 Å². The molecular weight excluding hydrogens is 340 g/mol. The zero-order valence-corrected chi connectivity index (χ0v) is 16.5. The maximum Gasteiger partial charge on any atom is 0.237 e. The second-order valence-electron chi connectivity index (χ2n) is 8.27. The number of nitrogens with one attached hydrogen (secondary N) is 1. The number of amides is 1. The van der Waals surface area contributed by atoms with E-state index < -0.39 is 0 Å². The van der Waals surface area contributed by atoms with Gasteiger partial charge < -0.3 is 14.8 Å². The zero-order chi connectivity index (χ0) is 18.8. The number of hydrogen-bond acceptors (Lipinski definition) is 4. The molecule has 5 nitrogen and oxygen atoms in total. The summed E-state index contributed by atoms with van der Waals surface area (Å²) < 4.78 is 10.7. The monoisotopic (exact) mass is 372 g/mol. The predicted octanol–water partition coefficient (Wildman–Crippen LogP) is 2.80. The van der Waals surface area contributed by atoms with E-state index in [1.165, 1.54) is 31.2 Å². The number of nitrogens with zero attached hydrogens (tertiary/aromatic N) is 1. The smallest absolute Gasteiger partial charge is 0.237 e. The molecular formula is C22H32N2O3.